The first-order chi connectivity index (χ1) is 9.67. The van der Waals surface area contributed by atoms with Gasteiger partial charge in [0.05, 0.1) is 23.5 Å². The molecule has 1 unspecified atom stereocenters. The zero-order chi connectivity index (χ0) is 14.5. The lowest BCUT2D eigenvalue weighted by Gasteiger charge is -2.19. The van der Waals surface area contributed by atoms with Crippen molar-refractivity contribution in [1.29, 1.82) is 0 Å². The summed E-state index contributed by atoms with van der Waals surface area (Å²) in [6, 6.07) is 0. The monoisotopic (exact) mass is 338 g/mol. The van der Waals surface area contributed by atoms with Crippen molar-refractivity contribution in [3.05, 3.63) is 30.4 Å². The number of hydrogen-bond acceptors (Lipinski definition) is 3. The molecule has 0 spiro atoms. The van der Waals surface area contributed by atoms with Crippen LogP contribution in [0.4, 0.5) is 0 Å². The normalized spacial score (nSPS) is 12.8. The van der Waals surface area contributed by atoms with Gasteiger partial charge >= 0.3 is 0 Å². The third kappa shape index (κ3) is 3.17. The van der Waals surface area contributed by atoms with Gasteiger partial charge in [-0.05, 0) is 5.92 Å². The minimum absolute atomic E-state index is 0.108. The van der Waals surface area contributed by atoms with E-state index in [0.29, 0.717) is 22.9 Å². The van der Waals surface area contributed by atoms with Crippen LogP contribution in [-0.4, -0.2) is 31.9 Å². The second-order valence-corrected chi connectivity index (χ2v) is 5.94. The molecule has 2 heterocycles. The Morgan fingerprint density at radius 2 is 2.15 bits per heavy atom. The molecule has 0 saturated carbocycles. The van der Waals surface area contributed by atoms with Gasteiger partial charge in [0, 0.05) is 23.8 Å². The van der Waals surface area contributed by atoms with Crippen molar-refractivity contribution >= 4 is 27.4 Å². The summed E-state index contributed by atoms with van der Waals surface area (Å²) in [5.74, 6) is 0.462. The highest BCUT2D eigenvalue weighted by molar-refractivity contribution is 9.09. The van der Waals surface area contributed by atoms with E-state index in [2.05, 4.69) is 45.2 Å². The molecule has 0 aliphatic carbocycles. The van der Waals surface area contributed by atoms with E-state index in [4.69, 9.17) is 0 Å². The SMILES string of the molecule is CCC(CC)C(Br)CNC(=O)c1cnn2ccncc12. The minimum atomic E-state index is -0.108. The molecule has 0 fully saturated rings. The Hall–Kier alpha value is -1.43. The number of fused-ring (bicyclic) bond motifs is 1. The molecule has 6 heteroatoms. The number of nitrogens with one attached hydrogen (secondary N) is 1. The lowest BCUT2D eigenvalue weighted by atomic mass is 9.99. The molecule has 1 amide bonds. The van der Waals surface area contributed by atoms with Gasteiger partial charge in [-0.1, -0.05) is 42.6 Å². The van der Waals surface area contributed by atoms with Crippen LogP contribution in [0.25, 0.3) is 5.52 Å². The van der Waals surface area contributed by atoms with Crippen molar-refractivity contribution in [2.75, 3.05) is 6.54 Å². The molecular formula is C14H19BrN4O. The Balaban J connectivity index is 2.02. The molecule has 0 aliphatic heterocycles. The summed E-state index contributed by atoms with van der Waals surface area (Å²) in [7, 11) is 0. The van der Waals surface area contributed by atoms with Crippen LogP contribution < -0.4 is 5.32 Å². The third-order valence-electron chi connectivity index (χ3n) is 3.59. The van der Waals surface area contributed by atoms with Crippen molar-refractivity contribution in [2.24, 2.45) is 5.92 Å². The zero-order valence-corrected chi connectivity index (χ0v) is 13.3. The molecule has 0 aromatic carbocycles. The van der Waals surface area contributed by atoms with Gasteiger partial charge in [0.15, 0.2) is 0 Å². The molecule has 0 radical (unpaired) electrons. The minimum Gasteiger partial charge on any atom is -0.351 e. The van der Waals surface area contributed by atoms with Gasteiger partial charge in [0.2, 0.25) is 0 Å². The Labute approximate surface area is 126 Å². The van der Waals surface area contributed by atoms with Gasteiger partial charge in [0.1, 0.15) is 0 Å². The van der Waals surface area contributed by atoms with Gasteiger partial charge in [-0.2, -0.15) is 5.10 Å². The van der Waals surface area contributed by atoms with Gasteiger partial charge in [-0.3, -0.25) is 9.78 Å². The maximum atomic E-state index is 12.2. The van der Waals surface area contributed by atoms with Crippen LogP contribution in [0.2, 0.25) is 0 Å². The van der Waals surface area contributed by atoms with Crippen molar-refractivity contribution < 1.29 is 4.79 Å². The first kappa shape index (κ1) is 15.0. The third-order valence-corrected chi connectivity index (χ3v) is 4.66. The maximum absolute atomic E-state index is 12.2. The molecule has 1 atom stereocenters. The summed E-state index contributed by atoms with van der Waals surface area (Å²) in [6.45, 7) is 4.95. The Morgan fingerprint density at radius 1 is 1.40 bits per heavy atom. The van der Waals surface area contributed by atoms with Gasteiger partial charge in [-0.25, -0.2) is 4.52 Å². The highest BCUT2D eigenvalue weighted by Gasteiger charge is 2.18. The fourth-order valence-electron chi connectivity index (χ4n) is 2.26. The molecule has 20 heavy (non-hydrogen) atoms. The molecule has 2 rings (SSSR count). The van der Waals surface area contributed by atoms with Gasteiger partial charge in [0.25, 0.3) is 5.91 Å². The van der Waals surface area contributed by atoms with Crippen LogP contribution in [0.5, 0.6) is 0 Å². The number of rotatable bonds is 6. The summed E-state index contributed by atoms with van der Waals surface area (Å²) < 4.78 is 1.65. The summed E-state index contributed by atoms with van der Waals surface area (Å²) >= 11 is 3.66. The van der Waals surface area contributed by atoms with Crippen LogP contribution in [0.15, 0.2) is 24.8 Å². The van der Waals surface area contributed by atoms with Crippen molar-refractivity contribution in [3.63, 3.8) is 0 Å². The van der Waals surface area contributed by atoms with E-state index in [1.54, 1.807) is 29.3 Å². The summed E-state index contributed by atoms with van der Waals surface area (Å²) in [5, 5.41) is 7.10. The molecule has 0 saturated heterocycles. The average Bonchev–Trinajstić information content (AvgIpc) is 2.90. The first-order valence-corrected chi connectivity index (χ1v) is 7.78. The zero-order valence-electron chi connectivity index (χ0n) is 11.7. The number of amides is 1. The van der Waals surface area contributed by atoms with E-state index in [0.717, 1.165) is 18.4 Å². The molecule has 1 N–H and O–H groups in total. The number of aromatic nitrogens is 3. The molecule has 0 bridgehead atoms. The van der Waals surface area contributed by atoms with E-state index in [1.165, 1.54) is 0 Å². The summed E-state index contributed by atoms with van der Waals surface area (Å²) in [6.07, 6.45) is 8.79. The van der Waals surface area contributed by atoms with Gasteiger partial charge in [-0.15, -0.1) is 0 Å². The van der Waals surface area contributed by atoms with Crippen LogP contribution in [0.3, 0.4) is 0 Å². The Bertz CT molecular complexity index is 579. The van der Waals surface area contributed by atoms with Crippen LogP contribution in [0.1, 0.15) is 37.0 Å². The molecule has 2 aromatic heterocycles. The van der Waals surface area contributed by atoms with E-state index < -0.39 is 0 Å². The predicted molar refractivity (Wildman–Crippen MR) is 82.1 cm³/mol. The smallest absolute Gasteiger partial charge is 0.255 e. The van der Waals surface area contributed by atoms with E-state index in [-0.39, 0.29) is 5.91 Å². The summed E-state index contributed by atoms with van der Waals surface area (Å²) in [5.41, 5.74) is 1.28. The maximum Gasteiger partial charge on any atom is 0.255 e. The lowest BCUT2D eigenvalue weighted by molar-refractivity contribution is 0.0953. The van der Waals surface area contributed by atoms with E-state index in [1.807, 2.05) is 0 Å². The van der Waals surface area contributed by atoms with Crippen molar-refractivity contribution in [3.8, 4) is 0 Å². The first-order valence-electron chi connectivity index (χ1n) is 6.87. The lowest BCUT2D eigenvalue weighted by Crippen LogP contribution is -2.32. The Morgan fingerprint density at radius 3 is 2.85 bits per heavy atom. The number of halogens is 1. The second kappa shape index (κ2) is 6.83. The number of nitrogens with zero attached hydrogens (tertiary/aromatic N) is 3. The predicted octanol–water partition coefficient (Wildman–Crippen LogP) is 2.66. The molecule has 108 valence electrons. The molecule has 0 aliphatic rings. The molecule has 2 aromatic rings. The van der Waals surface area contributed by atoms with Crippen LogP contribution in [0, 0.1) is 5.92 Å². The van der Waals surface area contributed by atoms with E-state index >= 15 is 0 Å². The largest absolute Gasteiger partial charge is 0.351 e. The number of alkyl halides is 1. The number of carbonyl (C=O) groups is 1. The fourth-order valence-corrected chi connectivity index (χ4v) is 3.17. The van der Waals surface area contributed by atoms with Crippen LogP contribution >= 0.6 is 15.9 Å². The highest BCUT2D eigenvalue weighted by atomic mass is 79.9. The van der Waals surface area contributed by atoms with Crippen molar-refractivity contribution in [1.82, 2.24) is 19.9 Å². The molecular weight excluding hydrogens is 320 g/mol. The number of carbonyl (C=O) groups excluding carboxylic acids is 1. The standard InChI is InChI=1S/C14H19BrN4O/c1-3-10(4-2)12(15)8-17-14(20)11-7-18-19-6-5-16-9-13(11)19/h5-7,9-10,12H,3-4,8H2,1-2H3,(H,17,20). The topological polar surface area (TPSA) is 59.3 Å². The van der Waals surface area contributed by atoms with Crippen LogP contribution in [-0.2, 0) is 0 Å². The molecule has 5 nitrogen and oxygen atoms in total. The highest BCUT2D eigenvalue weighted by Crippen LogP contribution is 2.19. The van der Waals surface area contributed by atoms with Gasteiger partial charge < -0.3 is 5.32 Å². The quantitative estimate of drug-likeness (QED) is 0.823. The average molecular weight is 339 g/mol. The number of hydrogen-bond donors (Lipinski definition) is 1. The van der Waals surface area contributed by atoms with Crippen molar-refractivity contribution in [2.45, 2.75) is 31.5 Å². The Kier molecular flexibility index (Phi) is 5.11. The second-order valence-electron chi connectivity index (χ2n) is 4.77. The summed E-state index contributed by atoms with van der Waals surface area (Å²) in [4.78, 5) is 16.5. The fraction of sp³-hybridized carbons (Fsp3) is 0.500. The van der Waals surface area contributed by atoms with E-state index in [9.17, 15) is 4.79 Å².